The van der Waals surface area contributed by atoms with Crippen molar-refractivity contribution in [2.75, 3.05) is 0 Å². The number of rotatable bonds is 3. The van der Waals surface area contributed by atoms with Crippen LogP contribution in [0.15, 0.2) is 127 Å². The molecule has 0 atom stereocenters. The fraction of sp³-hybridized carbons (Fsp3) is 0.0556. The van der Waals surface area contributed by atoms with Gasteiger partial charge in [0.25, 0.3) is 0 Å². The molecule has 2 heteroatoms. The second-order valence-electron chi connectivity index (χ2n) is 10.2. The predicted octanol–water partition coefficient (Wildman–Crippen LogP) is 9.82. The van der Waals surface area contributed by atoms with Crippen LogP contribution in [-0.2, 0) is 0 Å². The van der Waals surface area contributed by atoms with E-state index >= 15 is 0 Å². The molecule has 8 rings (SSSR count). The van der Waals surface area contributed by atoms with E-state index in [9.17, 15) is 0 Å². The highest BCUT2D eigenvalue weighted by molar-refractivity contribution is 6.25. The van der Waals surface area contributed by atoms with Gasteiger partial charge >= 0.3 is 0 Å². The van der Waals surface area contributed by atoms with Crippen LogP contribution in [0.1, 0.15) is 18.4 Å². The quantitative estimate of drug-likeness (QED) is 0.257. The van der Waals surface area contributed by atoms with E-state index in [0.29, 0.717) is 0 Å². The van der Waals surface area contributed by atoms with Crippen molar-refractivity contribution in [2.45, 2.75) is 12.8 Å². The Morgan fingerprint density at radius 1 is 0.632 bits per heavy atom. The number of aromatic amines is 1. The van der Waals surface area contributed by atoms with Crippen LogP contribution < -0.4 is 0 Å². The molecule has 0 bridgehead atoms. The Balaban J connectivity index is 1.48. The van der Waals surface area contributed by atoms with E-state index in [1.807, 2.05) is 0 Å². The summed E-state index contributed by atoms with van der Waals surface area (Å²) in [5.41, 5.74) is 11.3. The molecule has 2 heterocycles. The first-order valence-corrected chi connectivity index (χ1v) is 13.4. The van der Waals surface area contributed by atoms with Crippen molar-refractivity contribution in [2.24, 2.45) is 0 Å². The summed E-state index contributed by atoms with van der Waals surface area (Å²) < 4.78 is 2.47. The van der Waals surface area contributed by atoms with E-state index in [4.69, 9.17) is 0 Å². The van der Waals surface area contributed by atoms with Gasteiger partial charge in [0.2, 0.25) is 0 Å². The highest BCUT2D eigenvalue weighted by atomic mass is 15.0. The van der Waals surface area contributed by atoms with E-state index in [1.54, 1.807) is 0 Å². The first-order chi connectivity index (χ1) is 18.9. The van der Waals surface area contributed by atoms with Crippen molar-refractivity contribution in [3.8, 4) is 16.8 Å². The number of nitrogens with zero attached hydrogens (tertiary/aromatic N) is 1. The van der Waals surface area contributed by atoms with Crippen molar-refractivity contribution in [1.29, 1.82) is 0 Å². The summed E-state index contributed by atoms with van der Waals surface area (Å²) in [6.45, 7) is 0. The van der Waals surface area contributed by atoms with Crippen LogP contribution in [-0.4, -0.2) is 9.55 Å². The Labute approximate surface area is 221 Å². The van der Waals surface area contributed by atoms with Crippen LogP contribution in [0.4, 0.5) is 0 Å². The van der Waals surface area contributed by atoms with Gasteiger partial charge in [0.15, 0.2) is 0 Å². The van der Waals surface area contributed by atoms with Crippen LogP contribution >= 0.6 is 0 Å². The minimum Gasteiger partial charge on any atom is -0.354 e. The molecular weight excluding hydrogens is 460 g/mol. The molecule has 0 unspecified atom stereocenters. The van der Waals surface area contributed by atoms with Gasteiger partial charge in [-0.2, -0.15) is 0 Å². The van der Waals surface area contributed by atoms with Gasteiger partial charge in [-0.3, -0.25) is 0 Å². The maximum Gasteiger partial charge on any atom is 0.0566 e. The molecule has 0 radical (unpaired) electrons. The number of H-pyrrole nitrogens is 1. The third-order valence-electron chi connectivity index (χ3n) is 8.02. The van der Waals surface area contributed by atoms with Crippen molar-refractivity contribution >= 4 is 49.2 Å². The molecule has 5 aromatic carbocycles. The SMILES string of the molecule is C1=CCCC(c2cc(-c3ccccc3)ccc2-n2c3ccccc3c3c4[nH]c5ccccc5c4ccc32)=C1. The highest BCUT2D eigenvalue weighted by Crippen LogP contribution is 2.41. The van der Waals surface area contributed by atoms with Crippen LogP contribution in [0, 0.1) is 0 Å². The second-order valence-corrected chi connectivity index (χ2v) is 10.2. The summed E-state index contributed by atoms with van der Waals surface area (Å²) in [7, 11) is 0. The lowest BCUT2D eigenvalue weighted by atomic mass is 9.92. The van der Waals surface area contributed by atoms with Crippen LogP contribution in [0.3, 0.4) is 0 Å². The molecule has 1 N–H and O–H groups in total. The van der Waals surface area contributed by atoms with Crippen molar-refractivity contribution in [3.05, 3.63) is 133 Å². The van der Waals surface area contributed by atoms with Gasteiger partial charge in [-0.1, -0.05) is 97.1 Å². The van der Waals surface area contributed by atoms with Crippen LogP contribution in [0.5, 0.6) is 0 Å². The molecule has 0 spiro atoms. The van der Waals surface area contributed by atoms with E-state index in [0.717, 1.165) is 12.8 Å². The van der Waals surface area contributed by atoms with Gasteiger partial charge < -0.3 is 9.55 Å². The third-order valence-corrected chi connectivity index (χ3v) is 8.02. The Morgan fingerprint density at radius 2 is 1.45 bits per heavy atom. The Hall–Kier alpha value is -4.82. The molecule has 180 valence electrons. The van der Waals surface area contributed by atoms with Crippen molar-refractivity contribution < 1.29 is 0 Å². The summed E-state index contributed by atoms with van der Waals surface area (Å²) in [4.78, 5) is 3.75. The number of fused-ring (bicyclic) bond motifs is 7. The lowest BCUT2D eigenvalue weighted by Gasteiger charge is -2.19. The van der Waals surface area contributed by atoms with E-state index in [1.165, 1.54) is 71.6 Å². The standard InChI is InChI=1S/C36H26N2/c1-3-11-24(12-4-1)26-19-21-33(30(23-26)25-13-5-2-6-14-25)38-32-18-10-8-16-29(32)35-34(38)22-20-28-27-15-7-9-17-31(27)37-36(28)35/h1-5,7-13,15-23,37H,6,14H2. The molecule has 7 aromatic rings. The average Bonchev–Trinajstić information content (AvgIpc) is 3.53. The largest absolute Gasteiger partial charge is 0.354 e. The number of benzene rings is 5. The molecule has 2 aromatic heterocycles. The average molecular weight is 487 g/mol. The molecule has 2 nitrogen and oxygen atoms in total. The number of aromatic nitrogens is 2. The zero-order chi connectivity index (χ0) is 25.1. The molecule has 0 fully saturated rings. The summed E-state index contributed by atoms with van der Waals surface area (Å²) in [6, 6.07) is 39.7. The van der Waals surface area contributed by atoms with Crippen LogP contribution in [0.2, 0.25) is 0 Å². The Kier molecular flexibility index (Phi) is 4.68. The van der Waals surface area contributed by atoms with Gasteiger partial charge in [0, 0.05) is 32.6 Å². The van der Waals surface area contributed by atoms with Crippen molar-refractivity contribution in [1.82, 2.24) is 9.55 Å². The summed E-state index contributed by atoms with van der Waals surface area (Å²) >= 11 is 0. The zero-order valence-corrected chi connectivity index (χ0v) is 21.0. The number of nitrogens with one attached hydrogen (secondary N) is 1. The van der Waals surface area contributed by atoms with E-state index in [-0.39, 0.29) is 0 Å². The summed E-state index contributed by atoms with van der Waals surface area (Å²) in [6.07, 6.45) is 8.88. The zero-order valence-electron chi connectivity index (χ0n) is 21.0. The topological polar surface area (TPSA) is 20.7 Å². The van der Waals surface area contributed by atoms with Crippen LogP contribution in [0.25, 0.3) is 66.0 Å². The summed E-state index contributed by atoms with van der Waals surface area (Å²) in [5.74, 6) is 0. The smallest absolute Gasteiger partial charge is 0.0566 e. The minimum atomic E-state index is 1.05. The molecule has 0 amide bonds. The third kappa shape index (κ3) is 3.13. The monoisotopic (exact) mass is 486 g/mol. The number of hydrogen-bond donors (Lipinski definition) is 1. The van der Waals surface area contributed by atoms with Gasteiger partial charge in [-0.25, -0.2) is 0 Å². The molecule has 38 heavy (non-hydrogen) atoms. The first-order valence-electron chi connectivity index (χ1n) is 13.4. The molecule has 0 saturated heterocycles. The van der Waals surface area contributed by atoms with E-state index < -0.39 is 0 Å². The molecule has 1 aliphatic rings. The normalized spacial score (nSPS) is 13.6. The van der Waals surface area contributed by atoms with Gasteiger partial charge in [0.1, 0.15) is 0 Å². The highest BCUT2D eigenvalue weighted by Gasteiger charge is 2.20. The Bertz CT molecular complexity index is 2070. The molecule has 1 aliphatic carbocycles. The first kappa shape index (κ1) is 21.3. The fourth-order valence-corrected chi connectivity index (χ4v) is 6.26. The minimum absolute atomic E-state index is 1.05. The van der Waals surface area contributed by atoms with Gasteiger partial charge in [-0.05, 0) is 59.9 Å². The number of allylic oxidation sites excluding steroid dienone is 4. The lowest BCUT2D eigenvalue weighted by Crippen LogP contribution is -2.01. The maximum atomic E-state index is 3.75. The number of hydrogen-bond acceptors (Lipinski definition) is 0. The Morgan fingerprint density at radius 3 is 2.32 bits per heavy atom. The van der Waals surface area contributed by atoms with E-state index in [2.05, 4.69) is 137 Å². The molecule has 0 saturated carbocycles. The number of para-hydroxylation sites is 2. The predicted molar refractivity (Wildman–Crippen MR) is 162 cm³/mol. The fourth-order valence-electron chi connectivity index (χ4n) is 6.26. The van der Waals surface area contributed by atoms with Crippen molar-refractivity contribution in [3.63, 3.8) is 0 Å². The van der Waals surface area contributed by atoms with Gasteiger partial charge in [0.05, 0.1) is 22.2 Å². The summed E-state index contributed by atoms with van der Waals surface area (Å²) in [5, 5.41) is 5.10. The molecule has 0 aliphatic heterocycles. The lowest BCUT2D eigenvalue weighted by molar-refractivity contribution is 1.05. The second kappa shape index (κ2) is 8.36. The maximum absolute atomic E-state index is 3.75. The van der Waals surface area contributed by atoms with Gasteiger partial charge in [-0.15, -0.1) is 0 Å². The molecular formula is C36H26N2.